The quantitative estimate of drug-likeness (QED) is 0.690. The molecule has 4 rings (SSSR count). The van der Waals surface area contributed by atoms with Crippen LogP contribution in [-0.4, -0.2) is 39.9 Å². The maximum absolute atomic E-state index is 12.2. The van der Waals surface area contributed by atoms with Crippen LogP contribution in [0.1, 0.15) is 24.2 Å². The monoisotopic (exact) mass is 348 g/mol. The van der Waals surface area contributed by atoms with Gasteiger partial charge in [0, 0.05) is 25.6 Å². The lowest BCUT2D eigenvalue weighted by Gasteiger charge is -2.17. The number of carbonyl (C=O) groups is 1. The topological polar surface area (TPSA) is 61.0 Å². The van der Waals surface area contributed by atoms with Gasteiger partial charge in [0.1, 0.15) is 5.82 Å². The molecule has 0 bridgehead atoms. The number of aryl methyl sites for hydroxylation is 1. The summed E-state index contributed by atoms with van der Waals surface area (Å²) in [7, 11) is 0. The van der Waals surface area contributed by atoms with E-state index in [-0.39, 0.29) is 11.9 Å². The number of likely N-dealkylation sites (tertiary alicyclic amines) is 1. The molecule has 5 heteroatoms. The fraction of sp³-hybridized carbons (Fsp3) is 0.333. The second-order valence-corrected chi connectivity index (χ2v) is 6.91. The predicted molar refractivity (Wildman–Crippen MR) is 103 cm³/mol. The zero-order chi connectivity index (χ0) is 17.8. The Morgan fingerprint density at radius 3 is 2.77 bits per heavy atom. The van der Waals surface area contributed by atoms with Crippen molar-refractivity contribution in [2.45, 2.75) is 31.8 Å². The minimum atomic E-state index is 0.201. The number of rotatable bonds is 7. The highest BCUT2D eigenvalue weighted by Gasteiger charge is 2.28. The highest BCUT2D eigenvalue weighted by Crippen LogP contribution is 2.14. The number of aromatic amines is 1. The van der Waals surface area contributed by atoms with Crippen LogP contribution in [0.2, 0.25) is 0 Å². The maximum Gasteiger partial charge on any atom is 0.224 e. The molecule has 1 aliphatic heterocycles. The Morgan fingerprint density at radius 2 is 1.92 bits per heavy atom. The van der Waals surface area contributed by atoms with Crippen LogP contribution < -0.4 is 5.32 Å². The number of nitrogens with zero attached hydrogens (tertiary/aromatic N) is 2. The predicted octanol–water partition coefficient (Wildman–Crippen LogP) is 2.89. The molecule has 1 fully saturated rings. The number of nitrogens with one attached hydrogen (secondary N) is 2. The first kappa shape index (κ1) is 16.8. The normalized spacial score (nSPS) is 17.3. The SMILES string of the molecule is O=C1C[C@@H](NCc2nc3ccccc3[nH]2)CN1CCCc1ccccc1. The van der Waals surface area contributed by atoms with Crippen molar-refractivity contribution in [1.82, 2.24) is 20.2 Å². The van der Waals surface area contributed by atoms with Crippen LogP contribution in [0.4, 0.5) is 0 Å². The molecule has 0 spiro atoms. The molecule has 0 saturated carbocycles. The van der Waals surface area contributed by atoms with E-state index in [1.807, 2.05) is 35.2 Å². The lowest BCUT2D eigenvalue weighted by Crippen LogP contribution is -2.33. The van der Waals surface area contributed by atoms with Gasteiger partial charge in [-0.1, -0.05) is 42.5 Å². The minimum Gasteiger partial charge on any atom is -0.341 e. The van der Waals surface area contributed by atoms with Gasteiger partial charge in [-0.25, -0.2) is 4.98 Å². The minimum absolute atomic E-state index is 0.201. The molecule has 1 amide bonds. The second kappa shape index (κ2) is 7.70. The largest absolute Gasteiger partial charge is 0.341 e. The van der Waals surface area contributed by atoms with Gasteiger partial charge < -0.3 is 15.2 Å². The Labute approximate surface area is 153 Å². The van der Waals surface area contributed by atoms with Crippen LogP contribution >= 0.6 is 0 Å². The number of amides is 1. The Morgan fingerprint density at radius 1 is 1.12 bits per heavy atom. The summed E-state index contributed by atoms with van der Waals surface area (Å²) < 4.78 is 0. The average Bonchev–Trinajstić information content (AvgIpc) is 3.24. The average molecular weight is 348 g/mol. The highest BCUT2D eigenvalue weighted by atomic mass is 16.2. The molecule has 134 valence electrons. The molecule has 0 radical (unpaired) electrons. The highest BCUT2D eigenvalue weighted by molar-refractivity contribution is 5.79. The maximum atomic E-state index is 12.2. The number of hydrogen-bond donors (Lipinski definition) is 2. The van der Waals surface area contributed by atoms with E-state index in [4.69, 9.17) is 0 Å². The van der Waals surface area contributed by atoms with E-state index in [1.165, 1.54) is 5.56 Å². The molecule has 1 atom stereocenters. The standard InChI is InChI=1S/C21H24N4O/c26-21-13-17(15-25(21)12-6-9-16-7-2-1-3-8-16)22-14-20-23-18-10-4-5-11-19(18)24-20/h1-5,7-8,10-11,17,22H,6,9,12-15H2,(H,23,24)/t17-/m1/s1. The fourth-order valence-electron chi connectivity index (χ4n) is 3.57. The summed E-state index contributed by atoms with van der Waals surface area (Å²) in [5.41, 5.74) is 3.36. The van der Waals surface area contributed by atoms with Crippen molar-refractivity contribution in [3.05, 3.63) is 66.0 Å². The lowest BCUT2D eigenvalue weighted by atomic mass is 10.1. The van der Waals surface area contributed by atoms with Crippen molar-refractivity contribution >= 4 is 16.9 Å². The zero-order valence-electron chi connectivity index (χ0n) is 14.8. The van der Waals surface area contributed by atoms with E-state index in [9.17, 15) is 4.79 Å². The Kier molecular flexibility index (Phi) is 4.97. The third-order valence-electron chi connectivity index (χ3n) is 4.95. The number of fused-ring (bicyclic) bond motifs is 1. The summed E-state index contributed by atoms with van der Waals surface area (Å²) in [5.74, 6) is 1.17. The van der Waals surface area contributed by atoms with Crippen LogP contribution in [0, 0.1) is 0 Å². The Balaban J connectivity index is 1.25. The van der Waals surface area contributed by atoms with Gasteiger partial charge >= 0.3 is 0 Å². The molecule has 26 heavy (non-hydrogen) atoms. The number of hydrogen-bond acceptors (Lipinski definition) is 3. The van der Waals surface area contributed by atoms with E-state index in [1.54, 1.807) is 0 Å². The molecule has 1 aliphatic rings. The summed E-state index contributed by atoms with van der Waals surface area (Å²) in [6.07, 6.45) is 2.60. The summed E-state index contributed by atoms with van der Waals surface area (Å²) in [6, 6.07) is 18.7. The third kappa shape index (κ3) is 3.94. The smallest absolute Gasteiger partial charge is 0.224 e. The zero-order valence-corrected chi connectivity index (χ0v) is 14.8. The van der Waals surface area contributed by atoms with E-state index >= 15 is 0 Å². The summed E-state index contributed by atoms with van der Waals surface area (Å²) >= 11 is 0. The Bertz CT molecular complexity index is 841. The van der Waals surface area contributed by atoms with E-state index < -0.39 is 0 Å². The number of carbonyl (C=O) groups excluding carboxylic acids is 1. The first-order chi connectivity index (χ1) is 12.8. The van der Waals surface area contributed by atoms with Crippen LogP contribution in [0.25, 0.3) is 11.0 Å². The van der Waals surface area contributed by atoms with Gasteiger partial charge in [-0.3, -0.25) is 4.79 Å². The van der Waals surface area contributed by atoms with Crippen LogP contribution in [0.5, 0.6) is 0 Å². The molecule has 0 aliphatic carbocycles. The fourth-order valence-corrected chi connectivity index (χ4v) is 3.57. The summed E-state index contributed by atoms with van der Waals surface area (Å²) in [6.45, 7) is 2.27. The van der Waals surface area contributed by atoms with Crippen molar-refractivity contribution in [2.75, 3.05) is 13.1 Å². The number of para-hydroxylation sites is 2. The second-order valence-electron chi connectivity index (χ2n) is 6.91. The van der Waals surface area contributed by atoms with Crippen molar-refractivity contribution in [1.29, 1.82) is 0 Å². The third-order valence-corrected chi connectivity index (χ3v) is 4.95. The van der Waals surface area contributed by atoms with Gasteiger partial charge in [-0.2, -0.15) is 0 Å². The molecular formula is C21H24N4O. The molecule has 0 unspecified atom stereocenters. The van der Waals surface area contributed by atoms with Gasteiger partial charge in [-0.15, -0.1) is 0 Å². The summed E-state index contributed by atoms with van der Waals surface area (Å²) in [5, 5.41) is 3.47. The van der Waals surface area contributed by atoms with Crippen LogP contribution in [0.15, 0.2) is 54.6 Å². The summed E-state index contributed by atoms with van der Waals surface area (Å²) in [4.78, 5) is 22.1. The molecular weight excluding hydrogens is 324 g/mol. The molecule has 5 nitrogen and oxygen atoms in total. The van der Waals surface area contributed by atoms with Crippen molar-refractivity contribution in [3.8, 4) is 0 Å². The molecule has 2 heterocycles. The molecule has 3 aromatic rings. The van der Waals surface area contributed by atoms with Crippen molar-refractivity contribution < 1.29 is 4.79 Å². The van der Waals surface area contributed by atoms with E-state index in [0.717, 1.165) is 42.8 Å². The molecule has 2 N–H and O–H groups in total. The van der Waals surface area contributed by atoms with Crippen LogP contribution in [0.3, 0.4) is 0 Å². The van der Waals surface area contributed by atoms with Crippen molar-refractivity contribution in [3.63, 3.8) is 0 Å². The number of benzene rings is 2. The molecule has 1 saturated heterocycles. The van der Waals surface area contributed by atoms with E-state index in [0.29, 0.717) is 13.0 Å². The van der Waals surface area contributed by atoms with Gasteiger partial charge in [-0.05, 0) is 30.5 Å². The van der Waals surface area contributed by atoms with Gasteiger partial charge in [0.05, 0.1) is 17.6 Å². The van der Waals surface area contributed by atoms with Gasteiger partial charge in [0.15, 0.2) is 0 Å². The molecule has 1 aromatic heterocycles. The number of H-pyrrole nitrogens is 1. The lowest BCUT2D eigenvalue weighted by molar-refractivity contribution is -0.127. The molecule has 2 aromatic carbocycles. The van der Waals surface area contributed by atoms with E-state index in [2.05, 4.69) is 39.6 Å². The van der Waals surface area contributed by atoms with Crippen LogP contribution in [-0.2, 0) is 17.8 Å². The number of imidazole rings is 1. The van der Waals surface area contributed by atoms with Crippen molar-refractivity contribution in [2.24, 2.45) is 0 Å². The first-order valence-corrected chi connectivity index (χ1v) is 9.26. The number of aromatic nitrogens is 2. The first-order valence-electron chi connectivity index (χ1n) is 9.26. The van der Waals surface area contributed by atoms with Gasteiger partial charge in [0.2, 0.25) is 5.91 Å². The Hall–Kier alpha value is -2.66. The van der Waals surface area contributed by atoms with Gasteiger partial charge in [0.25, 0.3) is 0 Å².